The standard InChI is InChI=1S/2C5H10.C2H6S2/c2*1-2-4-5-3-1;1-3-4-2/h2*1-5H2;1-2H3. The predicted molar refractivity (Wildman–Crippen MR) is 73.2 cm³/mol. The zero-order valence-corrected chi connectivity index (χ0v) is 11.5. The van der Waals surface area contributed by atoms with Crippen LogP contribution in [-0.2, 0) is 0 Å². The van der Waals surface area contributed by atoms with Gasteiger partial charge in [0.15, 0.2) is 0 Å². The summed E-state index contributed by atoms with van der Waals surface area (Å²) in [7, 11) is 3.55. The van der Waals surface area contributed by atoms with Crippen LogP contribution >= 0.6 is 21.6 Å². The van der Waals surface area contributed by atoms with Crippen molar-refractivity contribution in [1.82, 2.24) is 0 Å². The molecule has 0 nitrogen and oxygen atoms in total. The Balaban J connectivity index is 0.000000183. The first-order valence-electron chi connectivity index (χ1n) is 5.98. The lowest BCUT2D eigenvalue weighted by atomic mass is 10.4. The van der Waals surface area contributed by atoms with Crippen molar-refractivity contribution in [3.63, 3.8) is 0 Å². The van der Waals surface area contributed by atoms with Gasteiger partial charge in [-0.05, 0) is 12.5 Å². The fourth-order valence-electron chi connectivity index (χ4n) is 1.77. The highest BCUT2D eigenvalue weighted by Gasteiger charge is 1.95. The average molecular weight is 234 g/mol. The van der Waals surface area contributed by atoms with Crippen LogP contribution in [0.3, 0.4) is 0 Å². The van der Waals surface area contributed by atoms with Crippen LogP contribution < -0.4 is 0 Å². The third-order valence-electron chi connectivity index (χ3n) is 2.67. The molecule has 2 rings (SSSR count). The maximum Gasteiger partial charge on any atom is -0.00793 e. The molecule has 0 aromatic rings. The molecule has 0 radical (unpaired) electrons. The van der Waals surface area contributed by atoms with Crippen molar-refractivity contribution in [3.8, 4) is 0 Å². The van der Waals surface area contributed by atoms with Crippen molar-refractivity contribution in [2.24, 2.45) is 0 Å². The van der Waals surface area contributed by atoms with Gasteiger partial charge >= 0.3 is 0 Å². The largest absolute Gasteiger partial charge is 0.0979 e. The Labute approximate surface area is 98.4 Å². The molecular formula is C12H26S2. The minimum atomic E-state index is 1.50. The van der Waals surface area contributed by atoms with Crippen LogP contribution in [0.15, 0.2) is 0 Å². The Morgan fingerprint density at radius 1 is 0.429 bits per heavy atom. The molecule has 0 unspecified atom stereocenters. The van der Waals surface area contributed by atoms with E-state index in [4.69, 9.17) is 0 Å². The fourth-order valence-corrected chi connectivity index (χ4v) is 1.77. The molecule has 0 saturated heterocycles. The lowest BCUT2D eigenvalue weighted by molar-refractivity contribution is 0.886. The number of hydrogen-bond acceptors (Lipinski definition) is 2. The lowest BCUT2D eigenvalue weighted by Crippen LogP contribution is -1.47. The highest BCUT2D eigenvalue weighted by Crippen LogP contribution is 2.15. The van der Waals surface area contributed by atoms with Gasteiger partial charge < -0.3 is 0 Å². The monoisotopic (exact) mass is 234 g/mol. The van der Waals surface area contributed by atoms with Crippen molar-refractivity contribution in [2.75, 3.05) is 12.5 Å². The molecule has 2 aliphatic carbocycles. The first-order valence-corrected chi connectivity index (χ1v) is 8.95. The Morgan fingerprint density at radius 2 is 0.571 bits per heavy atom. The zero-order valence-electron chi connectivity index (χ0n) is 9.89. The van der Waals surface area contributed by atoms with Crippen molar-refractivity contribution >= 4 is 21.6 Å². The van der Waals surface area contributed by atoms with Crippen LogP contribution in [0.5, 0.6) is 0 Å². The third kappa shape index (κ3) is 12.7. The van der Waals surface area contributed by atoms with E-state index >= 15 is 0 Å². The van der Waals surface area contributed by atoms with Gasteiger partial charge in [0.25, 0.3) is 0 Å². The molecule has 2 saturated carbocycles. The Morgan fingerprint density at radius 3 is 0.643 bits per heavy atom. The molecule has 0 aliphatic heterocycles. The second-order valence-electron chi connectivity index (χ2n) is 3.87. The SMILES string of the molecule is C1CCCC1.C1CCCC1.CSSC. The molecule has 14 heavy (non-hydrogen) atoms. The molecular weight excluding hydrogens is 208 g/mol. The maximum absolute atomic E-state index is 2.06. The molecule has 2 heteroatoms. The summed E-state index contributed by atoms with van der Waals surface area (Å²) < 4.78 is 0. The fraction of sp³-hybridized carbons (Fsp3) is 1.00. The van der Waals surface area contributed by atoms with Crippen molar-refractivity contribution in [1.29, 1.82) is 0 Å². The van der Waals surface area contributed by atoms with E-state index in [-0.39, 0.29) is 0 Å². The Kier molecular flexibility index (Phi) is 14.4. The summed E-state index contributed by atoms with van der Waals surface area (Å²) in [5, 5.41) is 0. The van der Waals surface area contributed by atoms with Crippen LogP contribution in [0.4, 0.5) is 0 Å². The molecule has 0 aromatic carbocycles. The maximum atomic E-state index is 2.06. The van der Waals surface area contributed by atoms with E-state index in [1.54, 1.807) is 21.6 Å². The minimum Gasteiger partial charge on any atom is -0.0979 e. The van der Waals surface area contributed by atoms with E-state index in [0.717, 1.165) is 0 Å². The van der Waals surface area contributed by atoms with E-state index in [2.05, 4.69) is 12.5 Å². The van der Waals surface area contributed by atoms with Gasteiger partial charge in [-0.2, -0.15) is 0 Å². The normalized spacial score (nSPS) is 19.3. The first kappa shape index (κ1) is 14.7. The van der Waals surface area contributed by atoms with E-state index in [9.17, 15) is 0 Å². The van der Waals surface area contributed by atoms with E-state index in [1.807, 2.05) is 0 Å². The average Bonchev–Trinajstić information content (AvgIpc) is 2.94. The Bertz CT molecular complexity index is 59.1. The van der Waals surface area contributed by atoms with Gasteiger partial charge in [0.2, 0.25) is 0 Å². The van der Waals surface area contributed by atoms with Gasteiger partial charge in [0.1, 0.15) is 0 Å². The van der Waals surface area contributed by atoms with E-state index < -0.39 is 0 Å². The highest BCUT2D eigenvalue weighted by atomic mass is 33.1. The number of rotatable bonds is 1. The lowest BCUT2D eigenvalue weighted by Gasteiger charge is -1.69. The molecule has 0 N–H and O–H groups in total. The predicted octanol–water partition coefficient (Wildman–Crippen LogP) is 5.53. The third-order valence-corrected chi connectivity index (χ3v) is 4.00. The van der Waals surface area contributed by atoms with Crippen LogP contribution in [-0.4, -0.2) is 12.5 Å². The van der Waals surface area contributed by atoms with Crippen molar-refractivity contribution in [3.05, 3.63) is 0 Å². The van der Waals surface area contributed by atoms with Crippen LogP contribution in [0.1, 0.15) is 64.2 Å². The summed E-state index contributed by atoms with van der Waals surface area (Å²) >= 11 is 0. The van der Waals surface area contributed by atoms with Gasteiger partial charge in [-0.15, -0.1) is 0 Å². The van der Waals surface area contributed by atoms with Crippen LogP contribution in [0, 0.1) is 0 Å². The second kappa shape index (κ2) is 13.7. The van der Waals surface area contributed by atoms with Crippen molar-refractivity contribution < 1.29 is 0 Å². The molecule has 0 atom stereocenters. The molecule has 0 heterocycles. The van der Waals surface area contributed by atoms with Gasteiger partial charge in [0.05, 0.1) is 0 Å². The summed E-state index contributed by atoms with van der Waals surface area (Å²) in [5.74, 6) is 0. The quantitative estimate of drug-likeness (QED) is 0.547. The molecule has 2 aliphatic rings. The van der Waals surface area contributed by atoms with Gasteiger partial charge in [-0.25, -0.2) is 0 Å². The van der Waals surface area contributed by atoms with Gasteiger partial charge in [-0.3, -0.25) is 0 Å². The molecule has 0 bridgehead atoms. The summed E-state index contributed by atoms with van der Waals surface area (Å²) in [6.07, 6.45) is 19.1. The van der Waals surface area contributed by atoms with Gasteiger partial charge in [0, 0.05) is 0 Å². The Hall–Kier alpha value is 0.700. The van der Waals surface area contributed by atoms with Gasteiger partial charge in [-0.1, -0.05) is 85.8 Å². The summed E-state index contributed by atoms with van der Waals surface area (Å²) in [4.78, 5) is 0. The second-order valence-corrected chi connectivity index (χ2v) is 6.54. The molecule has 86 valence electrons. The zero-order chi connectivity index (χ0) is 10.5. The number of hydrogen-bond donors (Lipinski definition) is 0. The van der Waals surface area contributed by atoms with Crippen LogP contribution in [0.2, 0.25) is 0 Å². The van der Waals surface area contributed by atoms with E-state index in [0.29, 0.717) is 0 Å². The minimum absolute atomic E-state index is 1.50. The molecule has 0 spiro atoms. The first-order chi connectivity index (χ1) is 6.91. The van der Waals surface area contributed by atoms with E-state index in [1.165, 1.54) is 64.2 Å². The topological polar surface area (TPSA) is 0 Å². The summed E-state index contributed by atoms with van der Waals surface area (Å²) in [6, 6.07) is 0. The summed E-state index contributed by atoms with van der Waals surface area (Å²) in [5.41, 5.74) is 0. The highest BCUT2D eigenvalue weighted by molar-refractivity contribution is 8.76. The summed E-state index contributed by atoms with van der Waals surface area (Å²) in [6.45, 7) is 0. The smallest absolute Gasteiger partial charge is 0.00793 e. The molecule has 0 aromatic heterocycles. The van der Waals surface area contributed by atoms with Crippen molar-refractivity contribution in [2.45, 2.75) is 64.2 Å². The molecule has 0 amide bonds. The van der Waals surface area contributed by atoms with Crippen LogP contribution in [0.25, 0.3) is 0 Å². The molecule has 2 fully saturated rings.